The quantitative estimate of drug-likeness (QED) is 0.430. The predicted molar refractivity (Wildman–Crippen MR) is 29.7 cm³/mol. The van der Waals surface area contributed by atoms with Gasteiger partial charge in [-0.25, -0.2) is 0 Å². The number of piperazine rings is 1. The maximum Gasteiger partial charge on any atom is 0.108 e. The fourth-order valence-electron chi connectivity index (χ4n) is 0.643. The first-order chi connectivity index (χ1) is 3.93. The van der Waals surface area contributed by atoms with Crippen molar-refractivity contribution in [2.75, 3.05) is 13.1 Å². The van der Waals surface area contributed by atoms with Gasteiger partial charge >= 0.3 is 0 Å². The lowest BCUT2D eigenvalue weighted by Crippen LogP contribution is -2.44. The molecule has 0 aliphatic carbocycles. The lowest BCUT2D eigenvalue weighted by Gasteiger charge is -2.17. The molecule has 0 saturated carbocycles. The SMILES string of the molecule is N#CC1CNC[CH]N1. The van der Waals surface area contributed by atoms with Crippen LogP contribution in [0.5, 0.6) is 0 Å². The Balaban J connectivity index is 2.25. The zero-order valence-electron chi connectivity index (χ0n) is 4.52. The third-order valence-electron chi connectivity index (χ3n) is 1.07. The number of rotatable bonds is 0. The van der Waals surface area contributed by atoms with Crippen molar-refractivity contribution in [3.63, 3.8) is 0 Å². The summed E-state index contributed by atoms with van der Waals surface area (Å²) in [4.78, 5) is 0. The Bertz CT molecular complexity index is 98.7. The minimum atomic E-state index is -0.0243. The average molecular weight is 110 g/mol. The Morgan fingerprint density at radius 1 is 1.75 bits per heavy atom. The van der Waals surface area contributed by atoms with E-state index in [0.717, 1.165) is 13.1 Å². The molecule has 0 aromatic rings. The molecule has 1 aliphatic rings. The van der Waals surface area contributed by atoms with Gasteiger partial charge in [0.05, 0.1) is 6.07 Å². The third-order valence-corrected chi connectivity index (χ3v) is 1.07. The van der Waals surface area contributed by atoms with Gasteiger partial charge in [-0.15, -0.1) is 0 Å². The summed E-state index contributed by atoms with van der Waals surface area (Å²) in [6.07, 6.45) is 0. The van der Waals surface area contributed by atoms with Crippen molar-refractivity contribution in [1.82, 2.24) is 10.6 Å². The second-order valence-electron chi connectivity index (χ2n) is 1.71. The van der Waals surface area contributed by atoms with Crippen LogP contribution in [0.3, 0.4) is 0 Å². The molecular weight excluding hydrogens is 102 g/mol. The van der Waals surface area contributed by atoms with Crippen molar-refractivity contribution in [1.29, 1.82) is 5.26 Å². The molecule has 3 nitrogen and oxygen atoms in total. The molecule has 1 radical (unpaired) electrons. The van der Waals surface area contributed by atoms with Crippen LogP contribution in [-0.2, 0) is 0 Å². The lowest BCUT2D eigenvalue weighted by atomic mass is 10.3. The van der Waals surface area contributed by atoms with Gasteiger partial charge in [-0.1, -0.05) is 0 Å². The van der Waals surface area contributed by atoms with E-state index in [4.69, 9.17) is 5.26 Å². The summed E-state index contributed by atoms with van der Waals surface area (Å²) in [6.45, 7) is 3.47. The Morgan fingerprint density at radius 3 is 3.00 bits per heavy atom. The summed E-state index contributed by atoms with van der Waals surface area (Å²) in [5.41, 5.74) is 0. The maximum absolute atomic E-state index is 8.32. The van der Waals surface area contributed by atoms with Crippen molar-refractivity contribution in [3.05, 3.63) is 6.54 Å². The fraction of sp³-hybridized carbons (Fsp3) is 0.600. The molecule has 1 saturated heterocycles. The van der Waals surface area contributed by atoms with E-state index in [2.05, 4.69) is 16.7 Å². The zero-order chi connectivity index (χ0) is 5.82. The summed E-state index contributed by atoms with van der Waals surface area (Å²) in [5, 5.41) is 14.3. The summed E-state index contributed by atoms with van der Waals surface area (Å²) in [5.74, 6) is 0. The second kappa shape index (κ2) is 2.65. The van der Waals surface area contributed by atoms with Crippen LogP contribution in [0.15, 0.2) is 0 Å². The first-order valence-corrected chi connectivity index (χ1v) is 2.61. The summed E-state index contributed by atoms with van der Waals surface area (Å²) in [7, 11) is 0. The molecular formula is C5H8N3. The molecule has 0 aromatic heterocycles. The van der Waals surface area contributed by atoms with E-state index >= 15 is 0 Å². The smallest absolute Gasteiger partial charge is 0.108 e. The predicted octanol–water partition coefficient (Wildman–Crippen LogP) is -0.767. The topological polar surface area (TPSA) is 47.9 Å². The highest BCUT2D eigenvalue weighted by atomic mass is 15.0. The Kier molecular flexibility index (Phi) is 1.84. The van der Waals surface area contributed by atoms with Crippen LogP contribution in [0.4, 0.5) is 0 Å². The van der Waals surface area contributed by atoms with Gasteiger partial charge in [-0.2, -0.15) is 5.26 Å². The molecule has 2 N–H and O–H groups in total. The van der Waals surface area contributed by atoms with Crippen molar-refractivity contribution in [3.8, 4) is 6.07 Å². The van der Waals surface area contributed by atoms with Crippen LogP contribution in [0.1, 0.15) is 0 Å². The molecule has 1 rings (SSSR count). The number of nitrogens with one attached hydrogen (secondary N) is 2. The highest BCUT2D eigenvalue weighted by Gasteiger charge is 2.08. The van der Waals surface area contributed by atoms with Gasteiger partial charge in [0.25, 0.3) is 0 Å². The molecule has 0 spiro atoms. The van der Waals surface area contributed by atoms with Crippen molar-refractivity contribution in [2.24, 2.45) is 0 Å². The molecule has 1 fully saturated rings. The molecule has 0 bridgehead atoms. The Labute approximate surface area is 48.7 Å². The largest absolute Gasteiger partial charge is 0.313 e. The minimum absolute atomic E-state index is 0.0243. The normalized spacial score (nSPS) is 29.1. The van der Waals surface area contributed by atoms with Crippen LogP contribution < -0.4 is 10.6 Å². The van der Waals surface area contributed by atoms with Crippen LogP contribution >= 0.6 is 0 Å². The van der Waals surface area contributed by atoms with Gasteiger partial charge in [0.15, 0.2) is 0 Å². The van der Waals surface area contributed by atoms with Crippen molar-refractivity contribution in [2.45, 2.75) is 6.04 Å². The minimum Gasteiger partial charge on any atom is -0.313 e. The standard InChI is InChI=1S/C5H8N3/c6-3-5-4-7-1-2-8-5/h2,5,7-8H,1,4H2. The lowest BCUT2D eigenvalue weighted by molar-refractivity contribution is 0.528. The van der Waals surface area contributed by atoms with Gasteiger partial charge < -0.3 is 5.32 Å². The highest BCUT2D eigenvalue weighted by molar-refractivity contribution is 4.96. The monoisotopic (exact) mass is 110 g/mol. The fourth-order valence-corrected chi connectivity index (χ4v) is 0.643. The van der Waals surface area contributed by atoms with Gasteiger partial charge in [0.1, 0.15) is 6.04 Å². The van der Waals surface area contributed by atoms with Crippen molar-refractivity contribution < 1.29 is 0 Å². The van der Waals surface area contributed by atoms with Crippen LogP contribution in [0.2, 0.25) is 0 Å². The van der Waals surface area contributed by atoms with Gasteiger partial charge in [-0.3, -0.25) is 5.32 Å². The van der Waals surface area contributed by atoms with E-state index in [1.807, 2.05) is 6.54 Å². The Hall–Kier alpha value is -0.590. The molecule has 0 aromatic carbocycles. The van der Waals surface area contributed by atoms with Crippen LogP contribution in [0.25, 0.3) is 0 Å². The number of hydrogen-bond acceptors (Lipinski definition) is 3. The van der Waals surface area contributed by atoms with Crippen LogP contribution in [-0.4, -0.2) is 19.1 Å². The molecule has 3 heteroatoms. The molecule has 1 aliphatic heterocycles. The van der Waals surface area contributed by atoms with Crippen LogP contribution in [0, 0.1) is 17.9 Å². The second-order valence-corrected chi connectivity index (χ2v) is 1.71. The van der Waals surface area contributed by atoms with E-state index in [-0.39, 0.29) is 6.04 Å². The molecule has 1 atom stereocenters. The Morgan fingerprint density at radius 2 is 2.62 bits per heavy atom. The van der Waals surface area contributed by atoms with E-state index < -0.39 is 0 Å². The number of nitriles is 1. The summed E-state index contributed by atoms with van der Waals surface area (Å²) < 4.78 is 0. The first kappa shape index (κ1) is 5.54. The van der Waals surface area contributed by atoms with Gasteiger partial charge in [0, 0.05) is 19.6 Å². The van der Waals surface area contributed by atoms with Gasteiger partial charge in [-0.05, 0) is 0 Å². The zero-order valence-corrected chi connectivity index (χ0v) is 4.52. The molecule has 1 heterocycles. The maximum atomic E-state index is 8.32. The highest BCUT2D eigenvalue weighted by Crippen LogP contribution is 1.84. The number of nitrogens with zero attached hydrogens (tertiary/aromatic N) is 1. The molecule has 1 unspecified atom stereocenters. The molecule has 0 amide bonds. The summed E-state index contributed by atoms with van der Waals surface area (Å²) >= 11 is 0. The summed E-state index contributed by atoms with van der Waals surface area (Å²) in [6, 6.07) is 2.07. The van der Waals surface area contributed by atoms with E-state index in [1.165, 1.54) is 0 Å². The van der Waals surface area contributed by atoms with Crippen molar-refractivity contribution >= 4 is 0 Å². The first-order valence-electron chi connectivity index (χ1n) is 2.61. The molecule has 8 heavy (non-hydrogen) atoms. The molecule has 43 valence electrons. The van der Waals surface area contributed by atoms with Gasteiger partial charge in [0.2, 0.25) is 0 Å². The van der Waals surface area contributed by atoms with E-state index in [9.17, 15) is 0 Å². The number of hydrogen-bond donors (Lipinski definition) is 2. The van der Waals surface area contributed by atoms with E-state index in [0.29, 0.717) is 0 Å². The third kappa shape index (κ3) is 1.19. The van der Waals surface area contributed by atoms with E-state index in [1.54, 1.807) is 0 Å². The average Bonchev–Trinajstić information content (AvgIpc) is 1.90.